The summed E-state index contributed by atoms with van der Waals surface area (Å²) in [5.41, 5.74) is 7.13. The molecule has 3 N–H and O–H groups in total. The molecule has 1 atom stereocenters. The van der Waals surface area contributed by atoms with Crippen molar-refractivity contribution in [1.82, 2.24) is 10.2 Å². The topological polar surface area (TPSA) is 75.4 Å². The number of hydrogen-bond donors (Lipinski definition) is 2. The van der Waals surface area contributed by atoms with Crippen molar-refractivity contribution in [3.05, 3.63) is 35.4 Å². The fourth-order valence-electron chi connectivity index (χ4n) is 2.22. The molecule has 1 aromatic rings. The van der Waals surface area contributed by atoms with Gasteiger partial charge in [0.15, 0.2) is 0 Å². The molecule has 5 nitrogen and oxygen atoms in total. The highest BCUT2D eigenvalue weighted by Gasteiger charge is 2.20. The lowest BCUT2D eigenvalue weighted by molar-refractivity contribution is -0.128. The van der Waals surface area contributed by atoms with Gasteiger partial charge in [-0.3, -0.25) is 9.59 Å². The molecule has 1 saturated heterocycles. The quantitative estimate of drug-likeness (QED) is 0.838. The first-order chi connectivity index (χ1) is 9.60. The summed E-state index contributed by atoms with van der Waals surface area (Å²) < 4.78 is 0. The third-order valence-electron chi connectivity index (χ3n) is 3.49. The highest BCUT2D eigenvalue weighted by Crippen LogP contribution is 2.14. The van der Waals surface area contributed by atoms with Crippen LogP contribution in [0.3, 0.4) is 0 Å². The predicted molar refractivity (Wildman–Crippen MR) is 77.1 cm³/mol. The fraction of sp³-hybridized carbons (Fsp3) is 0.467. The second-order valence-corrected chi connectivity index (χ2v) is 5.23. The summed E-state index contributed by atoms with van der Waals surface area (Å²) >= 11 is 0. The first-order valence-corrected chi connectivity index (χ1v) is 6.98. The lowest BCUT2D eigenvalue weighted by Gasteiger charge is -2.16. The number of nitrogens with zero attached hydrogens (tertiary/aromatic N) is 1. The summed E-state index contributed by atoms with van der Waals surface area (Å²) in [7, 11) is 0. The van der Waals surface area contributed by atoms with Crippen molar-refractivity contribution in [3.8, 4) is 0 Å². The van der Waals surface area contributed by atoms with E-state index >= 15 is 0 Å². The molecule has 108 valence electrons. The summed E-state index contributed by atoms with van der Waals surface area (Å²) in [6.07, 6.45) is 1.59. The number of nitrogens with two attached hydrogens (primary N) is 1. The molecule has 1 fully saturated rings. The molecule has 0 saturated carbocycles. The molecule has 1 heterocycles. The van der Waals surface area contributed by atoms with Gasteiger partial charge < -0.3 is 16.0 Å². The van der Waals surface area contributed by atoms with Crippen LogP contribution in [0.5, 0.6) is 0 Å². The van der Waals surface area contributed by atoms with Crippen molar-refractivity contribution in [2.45, 2.75) is 32.4 Å². The van der Waals surface area contributed by atoms with Gasteiger partial charge in [-0.2, -0.15) is 0 Å². The smallest absolute Gasteiger partial charge is 0.251 e. The van der Waals surface area contributed by atoms with Crippen LogP contribution in [-0.2, 0) is 11.3 Å². The van der Waals surface area contributed by atoms with Crippen LogP contribution in [0.25, 0.3) is 0 Å². The molecule has 0 unspecified atom stereocenters. The van der Waals surface area contributed by atoms with E-state index in [1.165, 1.54) is 0 Å². The summed E-state index contributed by atoms with van der Waals surface area (Å²) in [4.78, 5) is 25.3. The average Bonchev–Trinajstić information content (AvgIpc) is 2.85. The molecular formula is C15H21N3O2. The highest BCUT2D eigenvalue weighted by molar-refractivity contribution is 5.94. The number of amides is 2. The zero-order valence-electron chi connectivity index (χ0n) is 11.8. The van der Waals surface area contributed by atoms with Gasteiger partial charge in [-0.25, -0.2) is 0 Å². The van der Waals surface area contributed by atoms with Crippen LogP contribution in [0.1, 0.15) is 35.7 Å². The Morgan fingerprint density at radius 3 is 2.65 bits per heavy atom. The van der Waals surface area contributed by atoms with Gasteiger partial charge in [0.2, 0.25) is 5.91 Å². The molecule has 1 aliphatic rings. The molecule has 0 radical (unpaired) electrons. The Morgan fingerprint density at radius 1 is 1.40 bits per heavy atom. The van der Waals surface area contributed by atoms with Crippen molar-refractivity contribution in [2.24, 2.45) is 5.73 Å². The zero-order chi connectivity index (χ0) is 14.5. The van der Waals surface area contributed by atoms with Gasteiger partial charge >= 0.3 is 0 Å². The van der Waals surface area contributed by atoms with Crippen molar-refractivity contribution in [2.75, 3.05) is 13.1 Å². The number of carbonyl (C=O) groups excluding carboxylic acids is 2. The van der Waals surface area contributed by atoms with E-state index in [2.05, 4.69) is 5.32 Å². The summed E-state index contributed by atoms with van der Waals surface area (Å²) in [5, 5.41) is 2.82. The first-order valence-electron chi connectivity index (χ1n) is 6.98. The van der Waals surface area contributed by atoms with Gasteiger partial charge in [-0.1, -0.05) is 12.1 Å². The minimum atomic E-state index is -0.119. The molecule has 2 rings (SSSR count). The third kappa shape index (κ3) is 3.57. The molecule has 5 heteroatoms. The third-order valence-corrected chi connectivity index (χ3v) is 3.49. The number of nitrogens with one attached hydrogen (secondary N) is 1. The van der Waals surface area contributed by atoms with E-state index in [4.69, 9.17) is 5.73 Å². The lowest BCUT2D eigenvalue weighted by Crippen LogP contribution is -2.37. The highest BCUT2D eigenvalue weighted by atomic mass is 16.2. The van der Waals surface area contributed by atoms with E-state index in [0.29, 0.717) is 25.1 Å². The monoisotopic (exact) mass is 275 g/mol. The first kappa shape index (κ1) is 14.5. The Labute approximate surface area is 119 Å². The van der Waals surface area contributed by atoms with Gasteiger partial charge in [0.25, 0.3) is 5.91 Å². The van der Waals surface area contributed by atoms with Crippen molar-refractivity contribution in [1.29, 1.82) is 0 Å². The number of hydrogen-bond acceptors (Lipinski definition) is 3. The second-order valence-electron chi connectivity index (χ2n) is 5.23. The minimum absolute atomic E-state index is 0.0376. The molecule has 0 bridgehead atoms. The van der Waals surface area contributed by atoms with Gasteiger partial charge in [0.05, 0.1) is 0 Å². The Balaban J connectivity index is 1.95. The summed E-state index contributed by atoms with van der Waals surface area (Å²) in [6.45, 7) is 3.74. The molecule has 2 amide bonds. The SMILES string of the molecule is C[C@@H](CN)NC(=O)c1ccc(CN2CCCC2=O)cc1. The standard InChI is InChI=1S/C15H21N3O2/c1-11(9-16)17-15(20)13-6-4-12(5-7-13)10-18-8-2-3-14(18)19/h4-7,11H,2-3,8-10,16H2,1H3,(H,17,20)/t11-/m0/s1. The Bertz CT molecular complexity index is 484. The maximum Gasteiger partial charge on any atom is 0.251 e. The van der Waals surface area contributed by atoms with E-state index < -0.39 is 0 Å². The van der Waals surface area contributed by atoms with Crippen LogP contribution in [-0.4, -0.2) is 35.8 Å². The number of benzene rings is 1. The van der Waals surface area contributed by atoms with E-state index in [-0.39, 0.29) is 17.9 Å². The average molecular weight is 275 g/mol. The minimum Gasteiger partial charge on any atom is -0.348 e. The predicted octanol–water partition coefficient (Wildman–Crippen LogP) is 0.886. The van der Waals surface area contributed by atoms with Crippen LogP contribution in [0.2, 0.25) is 0 Å². The van der Waals surface area contributed by atoms with Crippen LogP contribution < -0.4 is 11.1 Å². The molecule has 1 aliphatic heterocycles. The fourth-order valence-corrected chi connectivity index (χ4v) is 2.22. The molecule has 1 aromatic carbocycles. The molecule has 20 heavy (non-hydrogen) atoms. The van der Waals surface area contributed by atoms with Crippen molar-refractivity contribution < 1.29 is 9.59 Å². The number of rotatable bonds is 5. The lowest BCUT2D eigenvalue weighted by atomic mass is 10.1. The van der Waals surface area contributed by atoms with Gasteiger partial charge in [-0.05, 0) is 31.0 Å². The van der Waals surface area contributed by atoms with Gasteiger partial charge in [0.1, 0.15) is 0 Å². The van der Waals surface area contributed by atoms with Gasteiger partial charge in [-0.15, -0.1) is 0 Å². The normalized spacial score (nSPS) is 16.3. The number of carbonyl (C=O) groups is 2. The number of likely N-dealkylation sites (tertiary alicyclic amines) is 1. The summed E-state index contributed by atoms with van der Waals surface area (Å²) in [6, 6.07) is 7.33. The van der Waals surface area contributed by atoms with E-state index in [0.717, 1.165) is 18.5 Å². The van der Waals surface area contributed by atoms with E-state index in [9.17, 15) is 9.59 Å². The Morgan fingerprint density at radius 2 is 2.10 bits per heavy atom. The largest absolute Gasteiger partial charge is 0.348 e. The maximum atomic E-state index is 11.9. The van der Waals surface area contributed by atoms with Crippen LogP contribution in [0.4, 0.5) is 0 Å². The maximum absolute atomic E-state index is 11.9. The summed E-state index contributed by atoms with van der Waals surface area (Å²) in [5.74, 6) is 0.0929. The zero-order valence-corrected chi connectivity index (χ0v) is 11.8. The van der Waals surface area contributed by atoms with Gasteiger partial charge in [0, 0.05) is 37.7 Å². The van der Waals surface area contributed by atoms with Crippen molar-refractivity contribution in [3.63, 3.8) is 0 Å². The molecule has 0 aliphatic carbocycles. The second kappa shape index (κ2) is 6.52. The Kier molecular flexibility index (Phi) is 4.74. The van der Waals surface area contributed by atoms with Crippen LogP contribution >= 0.6 is 0 Å². The Hall–Kier alpha value is -1.88. The molecular weight excluding hydrogens is 254 g/mol. The van der Waals surface area contributed by atoms with Crippen LogP contribution in [0, 0.1) is 0 Å². The molecule has 0 spiro atoms. The van der Waals surface area contributed by atoms with Crippen molar-refractivity contribution >= 4 is 11.8 Å². The van der Waals surface area contributed by atoms with E-state index in [1.54, 1.807) is 12.1 Å². The van der Waals surface area contributed by atoms with E-state index in [1.807, 2.05) is 24.0 Å². The van der Waals surface area contributed by atoms with Crippen LogP contribution in [0.15, 0.2) is 24.3 Å². The molecule has 0 aromatic heterocycles.